The van der Waals surface area contributed by atoms with Gasteiger partial charge in [0.05, 0.1) is 13.0 Å². The van der Waals surface area contributed by atoms with Crippen molar-refractivity contribution in [3.63, 3.8) is 0 Å². The monoisotopic (exact) mass is 202 g/mol. The van der Waals surface area contributed by atoms with Crippen molar-refractivity contribution in [1.82, 2.24) is 0 Å². The van der Waals surface area contributed by atoms with Gasteiger partial charge in [-0.1, -0.05) is 12.1 Å². The highest BCUT2D eigenvalue weighted by Gasteiger charge is 2.25. The van der Waals surface area contributed by atoms with Crippen LogP contribution in [0.3, 0.4) is 0 Å². The first-order valence-electron chi connectivity index (χ1n) is 4.65. The zero-order valence-corrected chi connectivity index (χ0v) is 8.36. The van der Waals surface area contributed by atoms with Gasteiger partial charge in [-0.2, -0.15) is 0 Å². The number of carbonyl (C=O) groups excluding carboxylic acids is 2. The number of isocyanates is 1. The molecule has 0 radical (unpaired) electrons. The molecule has 1 aliphatic rings. The van der Waals surface area contributed by atoms with Gasteiger partial charge in [0.25, 0.3) is 0 Å². The maximum Gasteiger partial charge on any atom is 0.235 e. The zero-order valence-electron chi connectivity index (χ0n) is 8.36. The van der Waals surface area contributed by atoms with Crippen LogP contribution in [0.5, 0.6) is 0 Å². The van der Waals surface area contributed by atoms with Gasteiger partial charge in [-0.3, -0.25) is 4.79 Å². The molecule has 1 amide bonds. The Balaban J connectivity index is 2.44. The van der Waals surface area contributed by atoms with E-state index in [1.165, 1.54) is 6.08 Å². The van der Waals surface area contributed by atoms with Gasteiger partial charge in [0.1, 0.15) is 0 Å². The highest BCUT2D eigenvalue weighted by Crippen LogP contribution is 2.30. The minimum atomic E-state index is 0.0764. The van der Waals surface area contributed by atoms with Crippen molar-refractivity contribution in [2.24, 2.45) is 4.99 Å². The van der Waals surface area contributed by atoms with Gasteiger partial charge in [0, 0.05) is 12.7 Å². The number of fused-ring (bicyclic) bond motifs is 1. The molecule has 0 aliphatic carbocycles. The van der Waals surface area contributed by atoms with Crippen molar-refractivity contribution in [2.75, 3.05) is 11.9 Å². The largest absolute Gasteiger partial charge is 0.315 e. The summed E-state index contributed by atoms with van der Waals surface area (Å²) < 4.78 is 0. The summed E-state index contributed by atoms with van der Waals surface area (Å²) >= 11 is 0. The zero-order chi connectivity index (χ0) is 10.8. The number of aliphatic imine (C=N–C) groups is 1. The molecule has 76 valence electrons. The fourth-order valence-electron chi connectivity index (χ4n) is 1.81. The standard InChI is InChI=1S/C11H10N2O2/c1-13-10-4-2-3-8(6-12-7-14)9(10)5-11(13)15/h2-4H,5-6H2,1H3. The summed E-state index contributed by atoms with van der Waals surface area (Å²) in [5, 5.41) is 0. The molecule has 1 aliphatic heterocycles. The minimum absolute atomic E-state index is 0.0764. The average Bonchev–Trinajstić information content (AvgIpc) is 2.53. The maximum absolute atomic E-state index is 11.5. The van der Waals surface area contributed by atoms with Crippen LogP contribution in [0.25, 0.3) is 0 Å². The molecule has 0 unspecified atom stereocenters. The van der Waals surface area contributed by atoms with Gasteiger partial charge >= 0.3 is 0 Å². The number of likely N-dealkylation sites (N-methyl/N-ethyl adjacent to an activating group) is 1. The molecule has 4 nitrogen and oxygen atoms in total. The number of hydrogen-bond acceptors (Lipinski definition) is 3. The Morgan fingerprint density at radius 2 is 2.33 bits per heavy atom. The van der Waals surface area contributed by atoms with E-state index in [9.17, 15) is 9.59 Å². The molecular weight excluding hydrogens is 192 g/mol. The Morgan fingerprint density at radius 3 is 3.07 bits per heavy atom. The van der Waals surface area contributed by atoms with Crippen LogP contribution < -0.4 is 4.90 Å². The third-order valence-electron chi connectivity index (χ3n) is 2.63. The molecule has 0 atom stereocenters. The molecule has 0 fully saturated rings. The summed E-state index contributed by atoms with van der Waals surface area (Å²) in [6.07, 6.45) is 1.91. The Bertz CT molecular complexity index is 462. The number of benzene rings is 1. The van der Waals surface area contributed by atoms with Gasteiger partial charge in [-0.05, 0) is 17.2 Å². The lowest BCUT2D eigenvalue weighted by Crippen LogP contribution is -2.20. The number of carbonyl (C=O) groups is 1. The van der Waals surface area contributed by atoms with Crippen LogP contribution in [0.4, 0.5) is 5.69 Å². The first kappa shape index (κ1) is 9.62. The van der Waals surface area contributed by atoms with E-state index in [0.717, 1.165) is 16.8 Å². The van der Waals surface area contributed by atoms with Crippen LogP contribution in [0, 0.1) is 0 Å². The molecule has 1 heterocycles. The molecule has 15 heavy (non-hydrogen) atoms. The van der Waals surface area contributed by atoms with E-state index >= 15 is 0 Å². The lowest BCUT2D eigenvalue weighted by atomic mass is 10.1. The molecule has 0 aromatic heterocycles. The van der Waals surface area contributed by atoms with Crippen molar-refractivity contribution in [3.05, 3.63) is 29.3 Å². The van der Waals surface area contributed by atoms with Crippen LogP contribution in [0.1, 0.15) is 11.1 Å². The molecule has 0 bridgehead atoms. The van der Waals surface area contributed by atoms with E-state index in [1.54, 1.807) is 11.9 Å². The van der Waals surface area contributed by atoms with Crippen molar-refractivity contribution in [3.8, 4) is 0 Å². The first-order valence-corrected chi connectivity index (χ1v) is 4.65. The van der Waals surface area contributed by atoms with Crippen molar-refractivity contribution in [1.29, 1.82) is 0 Å². The van der Waals surface area contributed by atoms with E-state index < -0.39 is 0 Å². The topological polar surface area (TPSA) is 49.7 Å². The van der Waals surface area contributed by atoms with Crippen LogP contribution >= 0.6 is 0 Å². The van der Waals surface area contributed by atoms with Crippen LogP contribution in [0.15, 0.2) is 23.2 Å². The molecule has 0 saturated carbocycles. The molecule has 0 N–H and O–H groups in total. The predicted octanol–water partition coefficient (Wildman–Crippen LogP) is 1.04. The molecule has 0 spiro atoms. The number of rotatable bonds is 2. The summed E-state index contributed by atoms with van der Waals surface area (Å²) in [4.78, 5) is 26.7. The third-order valence-corrected chi connectivity index (χ3v) is 2.63. The predicted molar refractivity (Wildman–Crippen MR) is 55.4 cm³/mol. The minimum Gasteiger partial charge on any atom is -0.315 e. The molecule has 4 heteroatoms. The molecule has 1 aromatic rings. The fraction of sp³-hybridized carbons (Fsp3) is 0.273. The van der Waals surface area contributed by atoms with Gasteiger partial charge in [-0.15, -0.1) is 0 Å². The van der Waals surface area contributed by atoms with E-state index in [4.69, 9.17) is 0 Å². The molecule has 1 aromatic carbocycles. The quantitative estimate of drug-likeness (QED) is 0.531. The van der Waals surface area contributed by atoms with Crippen LogP contribution in [0.2, 0.25) is 0 Å². The number of anilines is 1. The van der Waals surface area contributed by atoms with Crippen molar-refractivity contribution < 1.29 is 9.59 Å². The van der Waals surface area contributed by atoms with Crippen LogP contribution in [-0.2, 0) is 22.6 Å². The van der Waals surface area contributed by atoms with E-state index in [-0.39, 0.29) is 5.91 Å². The van der Waals surface area contributed by atoms with Gasteiger partial charge < -0.3 is 4.90 Å². The smallest absolute Gasteiger partial charge is 0.235 e. The summed E-state index contributed by atoms with van der Waals surface area (Å²) in [5.74, 6) is 0.0764. The number of amides is 1. The van der Waals surface area contributed by atoms with Crippen LogP contribution in [-0.4, -0.2) is 19.0 Å². The SMILES string of the molecule is CN1C(=O)Cc2c(CN=C=O)cccc21. The van der Waals surface area contributed by atoms with Gasteiger partial charge in [-0.25, -0.2) is 9.79 Å². The first-order chi connectivity index (χ1) is 7.24. The normalized spacial score (nSPS) is 13.7. The summed E-state index contributed by atoms with van der Waals surface area (Å²) in [5.41, 5.74) is 2.82. The Kier molecular flexibility index (Phi) is 2.35. The molecule has 0 saturated heterocycles. The third kappa shape index (κ3) is 1.55. The van der Waals surface area contributed by atoms with E-state index in [1.807, 2.05) is 18.2 Å². The molecule has 2 rings (SSSR count). The van der Waals surface area contributed by atoms with Gasteiger partial charge in [0.15, 0.2) is 0 Å². The second-order valence-corrected chi connectivity index (χ2v) is 3.45. The number of hydrogen-bond donors (Lipinski definition) is 0. The second kappa shape index (κ2) is 3.67. The Hall–Kier alpha value is -1.93. The highest BCUT2D eigenvalue weighted by molar-refractivity contribution is 6.01. The number of nitrogens with zero attached hydrogens (tertiary/aromatic N) is 2. The molecular formula is C11H10N2O2. The average molecular weight is 202 g/mol. The highest BCUT2D eigenvalue weighted by atomic mass is 16.2. The Labute approximate surface area is 87.2 Å². The summed E-state index contributed by atoms with van der Waals surface area (Å²) in [7, 11) is 1.75. The Morgan fingerprint density at radius 1 is 1.53 bits per heavy atom. The summed E-state index contributed by atoms with van der Waals surface area (Å²) in [6, 6.07) is 5.64. The van der Waals surface area contributed by atoms with Crippen molar-refractivity contribution >= 4 is 17.7 Å². The van der Waals surface area contributed by atoms with E-state index in [2.05, 4.69) is 4.99 Å². The summed E-state index contributed by atoms with van der Waals surface area (Å²) in [6.45, 7) is 0.299. The second-order valence-electron chi connectivity index (χ2n) is 3.45. The fourth-order valence-corrected chi connectivity index (χ4v) is 1.81. The van der Waals surface area contributed by atoms with Crippen molar-refractivity contribution in [2.45, 2.75) is 13.0 Å². The lowest BCUT2D eigenvalue weighted by Gasteiger charge is -2.10. The van der Waals surface area contributed by atoms with Gasteiger partial charge in [0.2, 0.25) is 12.0 Å². The maximum atomic E-state index is 11.5. The van der Waals surface area contributed by atoms with E-state index in [0.29, 0.717) is 13.0 Å². The lowest BCUT2D eigenvalue weighted by molar-refractivity contribution is -0.117.